The van der Waals surface area contributed by atoms with Gasteiger partial charge in [0.15, 0.2) is 11.6 Å². The molecule has 1 aliphatic rings. The van der Waals surface area contributed by atoms with Crippen LogP contribution in [0.15, 0.2) is 18.2 Å². The summed E-state index contributed by atoms with van der Waals surface area (Å²) in [4.78, 5) is 0. The van der Waals surface area contributed by atoms with Crippen molar-refractivity contribution in [2.24, 2.45) is 0 Å². The molecule has 0 aromatic heterocycles. The van der Waals surface area contributed by atoms with Crippen molar-refractivity contribution >= 4 is 10.2 Å². The van der Waals surface area contributed by atoms with Gasteiger partial charge in [-0.2, -0.15) is 17.0 Å². The van der Waals surface area contributed by atoms with Gasteiger partial charge in [-0.25, -0.2) is 8.78 Å². The molecule has 1 saturated heterocycles. The topological polar surface area (TPSA) is 52.7 Å². The van der Waals surface area contributed by atoms with Gasteiger partial charge in [-0.3, -0.25) is 0 Å². The summed E-state index contributed by atoms with van der Waals surface area (Å²) >= 11 is 0. The van der Waals surface area contributed by atoms with Crippen LogP contribution in [0.1, 0.15) is 12.5 Å². The van der Waals surface area contributed by atoms with Crippen LogP contribution in [0.3, 0.4) is 0 Å². The van der Waals surface area contributed by atoms with E-state index < -0.39 is 21.8 Å². The average Bonchev–Trinajstić information content (AvgIpc) is 2.49. The molecule has 0 atom stereocenters. The van der Waals surface area contributed by atoms with Crippen LogP contribution in [0.25, 0.3) is 0 Å². The van der Waals surface area contributed by atoms with E-state index in [0.29, 0.717) is 31.7 Å². The lowest BCUT2D eigenvalue weighted by Gasteiger charge is -2.32. The summed E-state index contributed by atoms with van der Waals surface area (Å²) in [5.41, 5.74) is 0.425. The quantitative estimate of drug-likeness (QED) is 0.879. The molecule has 0 radical (unpaired) electrons. The molecule has 1 aliphatic heterocycles. The highest BCUT2D eigenvalue weighted by Crippen LogP contribution is 2.16. The van der Waals surface area contributed by atoms with Gasteiger partial charge < -0.3 is 5.32 Å². The molecule has 1 aromatic carbocycles. The van der Waals surface area contributed by atoms with Crippen molar-refractivity contribution in [1.29, 1.82) is 0 Å². The van der Waals surface area contributed by atoms with Crippen LogP contribution in [-0.2, 0) is 16.8 Å². The Morgan fingerprint density at radius 3 is 2.48 bits per heavy atom. The lowest BCUT2D eigenvalue weighted by Crippen LogP contribution is -2.51. The summed E-state index contributed by atoms with van der Waals surface area (Å²) in [6.45, 7) is 4.07. The first-order valence-corrected chi connectivity index (χ1v) is 8.24. The fourth-order valence-electron chi connectivity index (χ4n) is 2.24. The van der Waals surface area contributed by atoms with Gasteiger partial charge in [0.2, 0.25) is 0 Å². The monoisotopic (exact) mass is 319 g/mol. The molecule has 1 N–H and O–H groups in total. The third-order valence-electron chi connectivity index (χ3n) is 3.42. The Balaban J connectivity index is 2.16. The zero-order valence-electron chi connectivity index (χ0n) is 11.8. The first kappa shape index (κ1) is 16.3. The number of rotatable bonds is 5. The molecule has 0 bridgehead atoms. The minimum Gasteiger partial charge on any atom is -0.314 e. The molecule has 118 valence electrons. The zero-order chi connectivity index (χ0) is 15.5. The first-order valence-electron chi connectivity index (χ1n) is 6.85. The molecule has 0 amide bonds. The Labute approximate surface area is 123 Å². The second-order valence-electron chi connectivity index (χ2n) is 4.83. The van der Waals surface area contributed by atoms with Gasteiger partial charge in [-0.15, -0.1) is 0 Å². The SMILES string of the molecule is CCN(Cc1ccc(F)c(F)c1)S(=O)(=O)N1CCNCC1. The van der Waals surface area contributed by atoms with Crippen molar-refractivity contribution in [2.75, 3.05) is 32.7 Å². The van der Waals surface area contributed by atoms with Crippen LogP contribution in [-0.4, -0.2) is 49.8 Å². The van der Waals surface area contributed by atoms with Crippen molar-refractivity contribution in [1.82, 2.24) is 13.9 Å². The highest BCUT2D eigenvalue weighted by Gasteiger charge is 2.29. The summed E-state index contributed by atoms with van der Waals surface area (Å²) in [5.74, 6) is -1.91. The molecular formula is C13H19F2N3O2S. The second-order valence-corrected chi connectivity index (χ2v) is 6.76. The number of piperazine rings is 1. The number of nitrogens with zero attached hydrogens (tertiary/aromatic N) is 2. The van der Waals surface area contributed by atoms with Crippen LogP contribution in [0.2, 0.25) is 0 Å². The molecule has 0 aliphatic carbocycles. The Kier molecular flexibility index (Phi) is 5.26. The van der Waals surface area contributed by atoms with Gasteiger partial charge in [-0.1, -0.05) is 13.0 Å². The Bertz CT molecular complexity index is 589. The van der Waals surface area contributed by atoms with Crippen molar-refractivity contribution in [2.45, 2.75) is 13.5 Å². The van der Waals surface area contributed by atoms with Crippen LogP contribution in [0, 0.1) is 11.6 Å². The van der Waals surface area contributed by atoms with Crippen molar-refractivity contribution in [3.05, 3.63) is 35.4 Å². The maximum atomic E-state index is 13.2. The highest BCUT2D eigenvalue weighted by molar-refractivity contribution is 7.86. The Morgan fingerprint density at radius 2 is 1.90 bits per heavy atom. The lowest BCUT2D eigenvalue weighted by molar-refractivity contribution is 0.312. The number of halogens is 2. The molecule has 0 spiro atoms. The molecule has 0 unspecified atom stereocenters. The summed E-state index contributed by atoms with van der Waals surface area (Å²) in [6, 6.07) is 3.44. The van der Waals surface area contributed by atoms with Crippen LogP contribution >= 0.6 is 0 Å². The largest absolute Gasteiger partial charge is 0.314 e. The second kappa shape index (κ2) is 6.78. The maximum absolute atomic E-state index is 13.2. The van der Waals surface area contributed by atoms with E-state index in [4.69, 9.17) is 0 Å². The lowest BCUT2D eigenvalue weighted by atomic mass is 10.2. The maximum Gasteiger partial charge on any atom is 0.282 e. The van der Waals surface area contributed by atoms with Gasteiger partial charge in [0.05, 0.1) is 0 Å². The number of nitrogens with one attached hydrogen (secondary N) is 1. The normalized spacial score (nSPS) is 17.3. The third kappa shape index (κ3) is 3.76. The zero-order valence-corrected chi connectivity index (χ0v) is 12.7. The number of hydrogen-bond donors (Lipinski definition) is 1. The fraction of sp³-hybridized carbons (Fsp3) is 0.538. The molecular weight excluding hydrogens is 300 g/mol. The van der Waals surface area contributed by atoms with Crippen molar-refractivity contribution in [3.63, 3.8) is 0 Å². The predicted octanol–water partition coefficient (Wildman–Crippen LogP) is 0.937. The summed E-state index contributed by atoms with van der Waals surface area (Å²) in [5, 5.41) is 3.09. The standard InChI is InChI=1S/C13H19F2N3O2S/c1-2-17(10-11-3-4-12(14)13(15)9-11)21(19,20)18-7-5-16-6-8-18/h3-4,9,16H,2,5-8,10H2,1H3. The fourth-order valence-corrected chi connectivity index (χ4v) is 3.85. The van der Waals surface area contributed by atoms with E-state index >= 15 is 0 Å². The van der Waals surface area contributed by atoms with Crippen LogP contribution < -0.4 is 5.32 Å². The Morgan fingerprint density at radius 1 is 1.24 bits per heavy atom. The predicted molar refractivity (Wildman–Crippen MR) is 75.8 cm³/mol. The van der Waals surface area contributed by atoms with Crippen LogP contribution in [0.5, 0.6) is 0 Å². The molecule has 21 heavy (non-hydrogen) atoms. The van der Waals surface area contributed by atoms with Crippen molar-refractivity contribution < 1.29 is 17.2 Å². The van der Waals surface area contributed by atoms with Gasteiger partial charge in [0.25, 0.3) is 10.2 Å². The molecule has 1 heterocycles. The third-order valence-corrected chi connectivity index (χ3v) is 5.48. The van der Waals surface area contributed by atoms with E-state index in [1.165, 1.54) is 14.7 Å². The van der Waals surface area contributed by atoms with Crippen molar-refractivity contribution in [3.8, 4) is 0 Å². The molecule has 1 aromatic rings. The Hall–Kier alpha value is -1.09. The van der Waals surface area contributed by atoms with Gasteiger partial charge in [0.1, 0.15) is 0 Å². The van der Waals surface area contributed by atoms with E-state index in [-0.39, 0.29) is 13.1 Å². The molecule has 8 heteroatoms. The van der Waals surface area contributed by atoms with Crippen LogP contribution in [0.4, 0.5) is 8.78 Å². The average molecular weight is 319 g/mol. The highest BCUT2D eigenvalue weighted by atomic mass is 32.2. The van der Waals surface area contributed by atoms with E-state index in [2.05, 4.69) is 5.32 Å². The molecule has 5 nitrogen and oxygen atoms in total. The minimum atomic E-state index is -3.58. The molecule has 1 fully saturated rings. The van der Waals surface area contributed by atoms with E-state index in [0.717, 1.165) is 12.1 Å². The molecule has 2 rings (SSSR count). The smallest absolute Gasteiger partial charge is 0.282 e. The first-order chi connectivity index (χ1) is 9.95. The summed E-state index contributed by atoms with van der Waals surface area (Å²) in [6.07, 6.45) is 0. The van der Waals surface area contributed by atoms with Gasteiger partial charge in [-0.05, 0) is 17.7 Å². The minimum absolute atomic E-state index is 0.0277. The summed E-state index contributed by atoms with van der Waals surface area (Å²) < 4.78 is 53.9. The molecule has 0 saturated carbocycles. The van der Waals surface area contributed by atoms with E-state index in [1.54, 1.807) is 6.92 Å². The number of benzene rings is 1. The number of hydrogen-bond acceptors (Lipinski definition) is 3. The van der Waals surface area contributed by atoms with E-state index in [9.17, 15) is 17.2 Å². The van der Waals surface area contributed by atoms with Gasteiger partial charge >= 0.3 is 0 Å². The van der Waals surface area contributed by atoms with E-state index in [1.807, 2.05) is 0 Å². The summed E-state index contributed by atoms with van der Waals surface area (Å²) in [7, 11) is -3.58. The van der Waals surface area contributed by atoms with Gasteiger partial charge in [0, 0.05) is 39.3 Å².